The van der Waals surface area contributed by atoms with Crippen molar-refractivity contribution < 1.29 is 4.79 Å². The number of fused-ring (bicyclic) bond motifs is 2. The molecule has 6 nitrogen and oxygen atoms in total. The molecule has 0 bridgehead atoms. The fourth-order valence-electron chi connectivity index (χ4n) is 4.69. The molecule has 0 atom stereocenters. The fourth-order valence-corrected chi connectivity index (χ4v) is 4.69. The molecule has 0 radical (unpaired) electrons. The maximum atomic E-state index is 12.9. The Bertz CT molecular complexity index is 796. The zero-order valence-electron chi connectivity index (χ0n) is 15.1. The van der Waals surface area contributed by atoms with Crippen molar-refractivity contribution in [3.8, 4) is 0 Å². The van der Waals surface area contributed by atoms with Crippen molar-refractivity contribution in [2.45, 2.75) is 44.7 Å². The lowest BCUT2D eigenvalue weighted by molar-refractivity contribution is 0.0559. The molecule has 0 unspecified atom stereocenters. The van der Waals surface area contributed by atoms with E-state index in [4.69, 9.17) is 0 Å². The molecule has 1 aromatic heterocycles. The van der Waals surface area contributed by atoms with Crippen LogP contribution in [0.4, 0.5) is 0 Å². The Balaban J connectivity index is 1.22. The van der Waals surface area contributed by atoms with Crippen LogP contribution in [0.25, 0.3) is 0 Å². The molecule has 0 spiro atoms. The van der Waals surface area contributed by atoms with Crippen LogP contribution in [0.5, 0.6) is 0 Å². The number of hydrogen-bond donors (Lipinski definition) is 0. The number of amides is 1. The number of hydrogen-bond acceptors (Lipinski definition) is 4. The third-order valence-corrected chi connectivity index (χ3v) is 6.20. The van der Waals surface area contributed by atoms with E-state index in [0.29, 0.717) is 11.9 Å². The van der Waals surface area contributed by atoms with E-state index in [1.54, 1.807) is 0 Å². The molecule has 3 aliphatic rings. The van der Waals surface area contributed by atoms with Crippen molar-refractivity contribution >= 4 is 5.91 Å². The van der Waals surface area contributed by atoms with Crippen LogP contribution >= 0.6 is 0 Å². The molecule has 1 aliphatic carbocycles. The Morgan fingerprint density at radius 2 is 1.65 bits per heavy atom. The Morgan fingerprint density at radius 3 is 2.38 bits per heavy atom. The molecule has 26 heavy (non-hydrogen) atoms. The molecule has 1 aromatic carbocycles. The van der Waals surface area contributed by atoms with Gasteiger partial charge in [0.1, 0.15) is 5.82 Å². The number of aryl methyl sites for hydroxylation is 1. The lowest BCUT2D eigenvalue weighted by Gasteiger charge is -2.37. The highest BCUT2D eigenvalue weighted by molar-refractivity contribution is 5.90. The van der Waals surface area contributed by atoms with Crippen LogP contribution in [0.2, 0.25) is 0 Å². The monoisotopic (exact) mass is 351 g/mol. The first-order valence-corrected chi connectivity index (χ1v) is 9.82. The van der Waals surface area contributed by atoms with Gasteiger partial charge in [0.2, 0.25) is 5.82 Å². The van der Waals surface area contributed by atoms with Gasteiger partial charge in [-0.25, -0.2) is 0 Å². The minimum atomic E-state index is 0.0556. The molecule has 1 saturated heterocycles. The summed E-state index contributed by atoms with van der Waals surface area (Å²) in [6, 6.07) is 9.37. The molecule has 0 saturated carbocycles. The van der Waals surface area contributed by atoms with Gasteiger partial charge in [-0.05, 0) is 36.8 Å². The first-order valence-electron chi connectivity index (χ1n) is 9.82. The van der Waals surface area contributed by atoms with E-state index < -0.39 is 0 Å². The van der Waals surface area contributed by atoms with Crippen molar-refractivity contribution in [1.82, 2.24) is 24.6 Å². The van der Waals surface area contributed by atoms with Crippen molar-refractivity contribution in [2.75, 3.05) is 26.2 Å². The molecule has 1 fully saturated rings. The smallest absolute Gasteiger partial charge is 0.291 e. The quantitative estimate of drug-likeness (QED) is 0.824. The minimum absolute atomic E-state index is 0.0556. The number of nitrogens with zero attached hydrogens (tertiary/aromatic N) is 5. The third-order valence-electron chi connectivity index (χ3n) is 6.20. The van der Waals surface area contributed by atoms with Gasteiger partial charge in [-0.2, -0.15) is 0 Å². The van der Waals surface area contributed by atoms with Gasteiger partial charge in [-0.15, -0.1) is 10.2 Å². The predicted molar refractivity (Wildman–Crippen MR) is 98.1 cm³/mol. The van der Waals surface area contributed by atoms with Gasteiger partial charge in [0.05, 0.1) is 0 Å². The van der Waals surface area contributed by atoms with Gasteiger partial charge in [0, 0.05) is 45.2 Å². The van der Waals surface area contributed by atoms with Crippen LogP contribution in [0.3, 0.4) is 0 Å². The second-order valence-electron chi connectivity index (χ2n) is 7.71. The topological polar surface area (TPSA) is 54.3 Å². The Labute approximate surface area is 153 Å². The molecule has 5 rings (SSSR count). The molecule has 2 aromatic rings. The average Bonchev–Trinajstić information content (AvgIpc) is 3.32. The van der Waals surface area contributed by atoms with Gasteiger partial charge in [-0.1, -0.05) is 24.3 Å². The number of carbonyl (C=O) groups excluding carboxylic acids is 1. The van der Waals surface area contributed by atoms with Crippen LogP contribution < -0.4 is 0 Å². The Morgan fingerprint density at radius 1 is 0.923 bits per heavy atom. The van der Waals surface area contributed by atoms with E-state index in [0.717, 1.165) is 70.7 Å². The number of carbonyl (C=O) groups is 1. The first kappa shape index (κ1) is 16.0. The van der Waals surface area contributed by atoms with E-state index in [1.807, 2.05) is 9.47 Å². The second-order valence-corrected chi connectivity index (χ2v) is 7.71. The summed E-state index contributed by atoms with van der Waals surface area (Å²) in [5.74, 6) is 1.57. The second kappa shape index (κ2) is 6.50. The summed E-state index contributed by atoms with van der Waals surface area (Å²) in [7, 11) is 0. The van der Waals surface area contributed by atoms with Gasteiger partial charge in [0.25, 0.3) is 5.91 Å². The highest BCUT2D eigenvalue weighted by atomic mass is 16.2. The van der Waals surface area contributed by atoms with E-state index in [2.05, 4.69) is 39.4 Å². The summed E-state index contributed by atoms with van der Waals surface area (Å²) in [5.41, 5.74) is 2.98. The SMILES string of the molecule is O=C(c1nnc2n1CCCC2)N1CCN(C2Cc3ccccc3C2)CC1. The molecule has 1 amide bonds. The number of benzene rings is 1. The molecule has 6 heteroatoms. The fraction of sp³-hybridized carbons (Fsp3) is 0.550. The van der Waals surface area contributed by atoms with Crippen molar-refractivity contribution in [1.29, 1.82) is 0 Å². The van der Waals surface area contributed by atoms with Crippen LogP contribution in [-0.4, -0.2) is 62.7 Å². The lowest BCUT2D eigenvalue weighted by Crippen LogP contribution is -2.52. The summed E-state index contributed by atoms with van der Waals surface area (Å²) < 4.78 is 2.03. The molecular formula is C20H25N5O. The summed E-state index contributed by atoms with van der Waals surface area (Å²) in [5, 5.41) is 8.43. The minimum Gasteiger partial charge on any atom is -0.333 e. The van der Waals surface area contributed by atoms with Gasteiger partial charge in [-0.3, -0.25) is 9.69 Å². The highest BCUT2D eigenvalue weighted by Crippen LogP contribution is 2.26. The van der Waals surface area contributed by atoms with Gasteiger partial charge < -0.3 is 9.47 Å². The van der Waals surface area contributed by atoms with Crippen LogP contribution in [0.1, 0.15) is 40.4 Å². The number of aromatic nitrogens is 3. The van der Waals surface area contributed by atoms with Crippen LogP contribution in [0.15, 0.2) is 24.3 Å². The number of piperazine rings is 1. The van der Waals surface area contributed by atoms with Crippen LogP contribution in [0, 0.1) is 0 Å². The highest BCUT2D eigenvalue weighted by Gasteiger charge is 2.32. The predicted octanol–water partition coefficient (Wildman–Crippen LogP) is 1.54. The lowest BCUT2D eigenvalue weighted by atomic mass is 10.1. The molecule has 136 valence electrons. The summed E-state index contributed by atoms with van der Waals surface area (Å²) in [6.07, 6.45) is 5.48. The summed E-state index contributed by atoms with van der Waals surface area (Å²) in [6.45, 7) is 4.35. The Kier molecular flexibility index (Phi) is 4.00. The van der Waals surface area contributed by atoms with E-state index >= 15 is 0 Å². The standard InChI is InChI=1S/C20H25N5O/c26-20(19-22-21-18-7-3-4-8-25(18)19)24-11-9-23(10-12-24)17-13-15-5-1-2-6-16(15)14-17/h1-2,5-6,17H,3-4,7-14H2. The van der Waals surface area contributed by atoms with Crippen LogP contribution in [-0.2, 0) is 25.8 Å². The maximum Gasteiger partial charge on any atom is 0.291 e. The van der Waals surface area contributed by atoms with Crippen molar-refractivity contribution in [2.24, 2.45) is 0 Å². The Hall–Kier alpha value is -2.21. The van der Waals surface area contributed by atoms with E-state index in [-0.39, 0.29) is 5.91 Å². The van der Waals surface area contributed by atoms with E-state index in [1.165, 1.54) is 11.1 Å². The zero-order chi connectivity index (χ0) is 17.5. The normalized spacial score (nSPS) is 20.8. The average molecular weight is 351 g/mol. The summed E-state index contributed by atoms with van der Waals surface area (Å²) in [4.78, 5) is 17.4. The molecular weight excluding hydrogens is 326 g/mol. The largest absolute Gasteiger partial charge is 0.333 e. The summed E-state index contributed by atoms with van der Waals surface area (Å²) >= 11 is 0. The van der Waals surface area contributed by atoms with Gasteiger partial charge >= 0.3 is 0 Å². The van der Waals surface area contributed by atoms with Crippen molar-refractivity contribution in [3.63, 3.8) is 0 Å². The maximum absolute atomic E-state index is 12.9. The zero-order valence-corrected chi connectivity index (χ0v) is 15.1. The first-order chi connectivity index (χ1) is 12.8. The number of rotatable bonds is 2. The van der Waals surface area contributed by atoms with Gasteiger partial charge in [0.15, 0.2) is 0 Å². The molecule has 0 N–H and O–H groups in total. The molecule has 3 heterocycles. The molecule has 2 aliphatic heterocycles. The van der Waals surface area contributed by atoms with Crippen molar-refractivity contribution in [3.05, 3.63) is 47.0 Å². The third kappa shape index (κ3) is 2.72. The van der Waals surface area contributed by atoms with E-state index in [9.17, 15) is 4.79 Å².